The Morgan fingerprint density at radius 2 is 1.85 bits per heavy atom. The van der Waals surface area contributed by atoms with E-state index in [0.717, 1.165) is 18.3 Å². The molecule has 0 aliphatic carbocycles. The highest BCUT2D eigenvalue weighted by Gasteiger charge is 2.16. The molecule has 0 saturated heterocycles. The maximum absolute atomic E-state index is 3.93. The van der Waals surface area contributed by atoms with E-state index in [-0.39, 0.29) is 0 Å². The van der Waals surface area contributed by atoms with Crippen LogP contribution in [0.5, 0.6) is 0 Å². The molecule has 0 aliphatic rings. The first kappa shape index (κ1) is 12.5. The first-order valence-electron chi connectivity index (χ1n) is 5.26. The van der Waals surface area contributed by atoms with Crippen molar-refractivity contribution in [3.63, 3.8) is 0 Å². The summed E-state index contributed by atoms with van der Waals surface area (Å²) in [5, 5.41) is 0. The van der Waals surface area contributed by atoms with Crippen LogP contribution in [-0.4, -0.2) is 0 Å². The average molecular weight is 180 g/mol. The van der Waals surface area contributed by atoms with Gasteiger partial charge in [-0.1, -0.05) is 32.4 Å². The first-order chi connectivity index (χ1) is 5.99. The Kier molecular flexibility index (Phi) is 5.77. The topological polar surface area (TPSA) is 0 Å². The van der Waals surface area contributed by atoms with Gasteiger partial charge in [-0.3, -0.25) is 0 Å². The summed E-state index contributed by atoms with van der Waals surface area (Å²) in [6.07, 6.45) is 4.44. The zero-order valence-electron chi connectivity index (χ0n) is 9.64. The van der Waals surface area contributed by atoms with Crippen LogP contribution in [0.15, 0.2) is 24.8 Å². The maximum atomic E-state index is 3.93. The molecule has 0 heteroatoms. The molecule has 0 nitrogen and oxygen atoms in total. The Hall–Kier alpha value is -0.520. The van der Waals surface area contributed by atoms with Gasteiger partial charge in [0.15, 0.2) is 0 Å². The van der Waals surface area contributed by atoms with Crippen molar-refractivity contribution in [3.8, 4) is 0 Å². The van der Waals surface area contributed by atoms with Gasteiger partial charge in [-0.15, -0.1) is 13.2 Å². The van der Waals surface area contributed by atoms with Crippen LogP contribution < -0.4 is 0 Å². The molecular formula is C13H24. The Morgan fingerprint density at radius 3 is 2.15 bits per heavy atom. The molecule has 0 aliphatic heterocycles. The van der Waals surface area contributed by atoms with Gasteiger partial charge in [0.25, 0.3) is 0 Å². The van der Waals surface area contributed by atoms with E-state index in [1.54, 1.807) is 0 Å². The van der Waals surface area contributed by atoms with Crippen LogP contribution in [0.4, 0.5) is 0 Å². The van der Waals surface area contributed by atoms with Gasteiger partial charge in [-0.25, -0.2) is 0 Å². The quantitative estimate of drug-likeness (QED) is 0.530. The zero-order valence-corrected chi connectivity index (χ0v) is 9.64. The van der Waals surface area contributed by atoms with Crippen molar-refractivity contribution in [2.45, 2.75) is 40.5 Å². The summed E-state index contributed by atoms with van der Waals surface area (Å²) < 4.78 is 0. The molecule has 0 saturated carbocycles. The van der Waals surface area contributed by atoms with Gasteiger partial charge >= 0.3 is 0 Å². The van der Waals surface area contributed by atoms with E-state index in [4.69, 9.17) is 0 Å². The summed E-state index contributed by atoms with van der Waals surface area (Å²) in [5.41, 5.74) is 1.28. The summed E-state index contributed by atoms with van der Waals surface area (Å²) in [4.78, 5) is 0. The van der Waals surface area contributed by atoms with Gasteiger partial charge in [-0.2, -0.15) is 0 Å². The molecule has 0 heterocycles. The van der Waals surface area contributed by atoms with E-state index in [2.05, 4.69) is 46.9 Å². The average Bonchev–Trinajstić information content (AvgIpc) is 2.04. The minimum Gasteiger partial charge on any atom is -0.103 e. The molecule has 0 unspecified atom stereocenters. The molecule has 0 radical (unpaired) electrons. The normalized spacial score (nSPS) is 15.5. The molecular weight excluding hydrogens is 156 g/mol. The second-order valence-corrected chi connectivity index (χ2v) is 4.50. The number of rotatable bonds is 6. The zero-order chi connectivity index (χ0) is 10.4. The lowest BCUT2D eigenvalue weighted by Crippen LogP contribution is -2.15. The van der Waals surface area contributed by atoms with E-state index >= 15 is 0 Å². The highest BCUT2D eigenvalue weighted by atomic mass is 14.2. The second-order valence-electron chi connectivity index (χ2n) is 4.50. The van der Waals surface area contributed by atoms with Gasteiger partial charge in [0, 0.05) is 0 Å². The van der Waals surface area contributed by atoms with Gasteiger partial charge in [0.1, 0.15) is 0 Å². The third-order valence-electron chi connectivity index (χ3n) is 2.93. The molecule has 0 aromatic carbocycles. The van der Waals surface area contributed by atoms with E-state index in [0.29, 0.717) is 5.92 Å². The van der Waals surface area contributed by atoms with Crippen molar-refractivity contribution >= 4 is 0 Å². The molecule has 0 fully saturated rings. The van der Waals surface area contributed by atoms with Gasteiger partial charge < -0.3 is 0 Å². The lowest BCUT2D eigenvalue weighted by atomic mass is 9.82. The van der Waals surface area contributed by atoms with Crippen molar-refractivity contribution in [2.75, 3.05) is 0 Å². The second kappa shape index (κ2) is 6.01. The Labute approximate surface area is 83.7 Å². The molecule has 0 spiro atoms. The predicted octanol–water partition coefficient (Wildman–Crippen LogP) is 4.44. The smallest absolute Gasteiger partial charge is 0.0205 e. The fourth-order valence-corrected chi connectivity index (χ4v) is 1.50. The standard InChI is InChI=1S/C13H24/c1-7-13(9-8-10(2)3)12(6)11(4)5/h7,11-13H,1-2,8-9H2,3-6H3/t12-,13-/m0/s1. The van der Waals surface area contributed by atoms with Crippen molar-refractivity contribution in [1.29, 1.82) is 0 Å². The van der Waals surface area contributed by atoms with Crippen LogP contribution in [0.25, 0.3) is 0 Å². The summed E-state index contributed by atoms with van der Waals surface area (Å²) in [6, 6.07) is 0. The minimum absolute atomic E-state index is 0.650. The number of hydrogen-bond donors (Lipinski definition) is 0. The van der Waals surface area contributed by atoms with Crippen LogP contribution in [0.3, 0.4) is 0 Å². The minimum atomic E-state index is 0.650. The largest absolute Gasteiger partial charge is 0.103 e. The summed E-state index contributed by atoms with van der Waals surface area (Å²) >= 11 is 0. The summed E-state index contributed by atoms with van der Waals surface area (Å²) in [5.74, 6) is 2.13. The number of hydrogen-bond acceptors (Lipinski definition) is 0. The van der Waals surface area contributed by atoms with Crippen LogP contribution in [-0.2, 0) is 0 Å². The van der Waals surface area contributed by atoms with E-state index in [9.17, 15) is 0 Å². The summed E-state index contributed by atoms with van der Waals surface area (Å²) in [6.45, 7) is 16.8. The first-order valence-corrected chi connectivity index (χ1v) is 5.26. The summed E-state index contributed by atoms with van der Waals surface area (Å²) in [7, 11) is 0. The van der Waals surface area contributed by atoms with Crippen LogP contribution in [0.2, 0.25) is 0 Å². The molecule has 13 heavy (non-hydrogen) atoms. The van der Waals surface area contributed by atoms with Crippen molar-refractivity contribution in [2.24, 2.45) is 17.8 Å². The van der Waals surface area contributed by atoms with Gasteiger partial charge in [0.2, 0.25) is 0 Å². The molecule has 0 aromatic rings. The highest BCUT2D eigenvalue weighted by Crippen LogP contribution is 2.26. The third kappa shape index (κ3) is 4.92. The van der Waals surface area contributed by atoms with Gasteiger partial charge in [-0.05, 0) is 37.5 Å². The predicted molar refractivity (Wildman–Crippen MR) is 61.7 cm³/mol. The van der Waals surface area contributed by atoms with E-state index < -0.39 is 0 Å². The van der Waals surface area contributed by atoms with Gasteiger partial charge in [0.05, 0.1) is 0 Å². The van der Waals surface area contributed by atoms with Crippen LogP contribution in [0, 0.1) is 17.8 Å². The van der Waals surface area contributed by atoms with E-state index in [1.807, 2.05) is 0 Å². The van der Waals surface area contributed by atoms with Crippen LogP contribution in [0.1, 0.15) is 40.5 Å². The van der Waals surface area contributed by atoms with E-state index in [1.165, 1.54) is 12.0 Å². The molecule has 0 amide bonds. The molecule has 0 bridgehead atoms. The Bertz CT molecular complexity index is 165. The molecule has 0 N–H and O–H groups in total. The molecule has 2 atom stereocenters. The van der Waals surface area contributed by atoms with Crippen molar-refractivity contribution < 1.29 is 0 Å². The lowest BCUT2D eigenvalue weighted by Gasteiger charge is -2.24. The molecule has 0 rings (SSSR count). The maximum Gasteiger partial charge on any atom is -0.0205 e. The number of allylic oxidation sites excluding steroid dienone is 2. The third-order valence-corrected chi connectivity index (χ3v) is 2.93. The molecule has 0 aromatic heterocycles. The lowest BCUT2D eigenvalue weighted by molar-refractivity contribution is 0.310. The monoisotopic (exact) mass is 180 g/mol. The van der Waals surface area contributed by atoms with Crippen LogP contribution >= 0.6 is 0 Å². The molecule has 76 valence electrons. The highest BCUT2D eigenvalue weighted by molar-refractivity contribution is 4.92. The Morgan fingerprint density at radius 1 is 1.31 bits per heavy atom. The van der Waals surface area contributed by atoms with Crippen molar-refractivity contribution in [1.82, 2.24) is 0 Å². The SMILES string of the molecule is C=C[C@@H](CCC(=C)C)[C@@H](C)C(C)C. The fraction of sp³-hybridized carbons (Fsp3) is 0.692. The fourth-order valence-electron chi connectivity index (χ4n) is 1.50. The Balaban J connectivity index is 4.02. The van der Waals surface area contributed by atoms with Crippen molar-refractivity contribution in [3.05, 3.63) is 24.8 Å².